The van der Waals surface area contributed by atoms with E-state index in [2.05, 4.69) is 26.2 Å². The van der Waals surface area contributed by atoms with Crippen LogP contribution in [0.1, 0.15) is 46.5 Å². The van der Waals surface area contributed by atoms with Crippen molar-refractivity contribution >= 4 is 9.84 Å². The van der Waals surface area contributed by atoms with Crippen LogP contribution in [-0.2, 0) is 9.84 Å². The highest BCUT2D eigenvalue weighted by Gasteiger charge is 2.35. The third-order valence-corrected chi connectivity index (χ3v) is 6.23. The van der Waals surface area contributed by atoms with Crippen molar-refractivity contribution < 1.29 is 8.42 Å². The molecule has 4 atom stereocenters. The van der Waals surface area contributed by atoms with Crippen molar-refractivity contribution in [3.8, 4) is 0 Å². The van der Waals surface area contributed by atoms with E-state index in [9.17, 15) is 8.42 Å². The van der Waals surface area contributed by atoms with Crippen LogP contribution in [-0.4, -0.2) is 26.0 Å². The highest BCUT2D eigenvalue weighted by molar-refractivity contribution is 7.91. The van der Waals surface area contributed by atoms with Crippen molar-refractivity contribution in [3.05, 3.63) is 0 Å². The maximum atomic E-state index is 11.7. The molecule has 18 heavy (non-hydrogen) atoms. The molecule has 0 saturated heterocycles. The van der Waals surface area contributed by atoms with E-state index in [-0.39, 0.29) is 11.3 Å². The Morgan fingerprint density at radius 1 is 1.22 bits per heavy atom. The van der Waals surface area contributed by atoms with Gasteiger partial charge in [0.2, 0.25) is 0 Å². The SMILES string of the molecule is CC(C)C(C)C(NN)C1CCCC(S(C)(=O)=O)C1. The van der Waals surface area contributed by atoms with Gasteiger partial charge in [-0.25, -0.2) is 8.42 Å². The Morgan fingerprint density at radius 2 is 1.83 bits per heavy atom. The number of nitrogens with one attached hydrogen (secondary N) is 1. The molecule has 1 aliphatic rings. The first-order valence-corrected chi connectivity index (χ1v) is 8.87. The van der Waals surface area contributed by atoms with Crippen molar-refractivity contribution in [1.82, 2.24) is 5.43 Å². The summed E-state index contributed by atoms with van der Waals surface area (Å²) in [5, 5.41) is -0.175. The Bertz CT molecular complexity index is 354. The average molecular weight is 276 g/mol. The topological polar surface area (TPSA) is 72.2 Å². The first kappa shape index (κ1) is 15.9. The summed E-state index contributed by atoms with van der Waals surface area (Å²) in [4.78, 5) is 0. The van der Waals surface area contributed by atoms with Gasteiger partial charge < -0.3 is 0 Å². The molecule has 0 aromatic carbocycles. The van der Waals surface area contributed by atoms with Crippen molar-refractivity contribution in [2.75, 3.05) is 6.26 Å². The first-order chi connectivity index (χ1) is 8.27. The van der Waals surface area contributed by atoms with Gasteiger partial charge in [0.15, 0.2) is 0 Å². The molecule has 0 aromatic heterocycles. The molecule has 4 unspecified atom stereocenters. The van der Waals surface area contributed by atoms with Crippen molar-refractivity contribution in [3.63, 3.8) is 0 Å². The fourth-order valence-corrected chi connectivity index (χ4v) is 4.22. The first-order valence-electron chi connectivity index (χ1n) is 6.92. The molecule has 1 aliphatic carbocycles. The molecule has 3 N–H and O–H groups in total. The minimum atomic E-state index is -2.92. The summed E-state index contributed by atoms with van der Waals surface area (Å²) in [6.45, 7) is 6.57. The molecule has 0 bridgehead atoms. The minimum absolute atomic E-state index is 0.175. The fourth-order valence-electron chi connectivity index (χ4n) is 3.03. The lowest BCUT2D eigenvalue weighted by Gasteiger charge is -2.37. The van der Waals surface area contributed by atoms with E-state index in [1.165, 1.54) is 6.26 Å². The Morgan fingerprint density at radius 3 is 2.28 bits per heavy atom. The van der Waals surface area contributed by atoms with E-state index in [4.69, 9.17) is 5.84 Å². The number of hydrogen-bond acceptors (Lipinski definition) is 4. The van der Waals surface area contributed by atoms with Crippen LogP contribution in [0.25, 0.3) is 0 Å². The van der Waals surface area contributed by atoms with Gasteiger partial charge in [-0.2, -0.15) is 0 Å². The van der Waals surface area contributed by atoms with Gasteiger partial charge in [0.05, 0.1) is 5.25 Å². The average Bonchev–Trinajstić information content (AvgIpc) is 2.29. The van der Waals surface area contributed by atoms with Gasteiger partial charge in [-0.1, -0.05) is 27.2 Å². The third kappa shape index (κ3) is 3.93. The smallest absolute Gasteiger partial charge is 0.150 e. The van der Waals surface area contributed by atoms with Gasteiger partial charge in [-0.15, -0.1) is 0 Å². The Hall–Kier alpha value is -0.130. The van der Waals surface area contributed by atoms with Crippen LogP contribution < -0.4 is 11.3 Å². The lowest BCUT2D eigenvalue weighted by atomic mass is 9.76. The van der Waals surface area contributed by atoms with Crippen LogP contribution in [0, 0.1) is 17.8 Å². The zero-order valence-corrected chi connectivity index (χ0v) is 12.8. The molecule has 0 radical (unpaired) electrons. The zero-order valence-electron chi connectivity index (χ0n) is 12.0. The molecular weight excluding hydrogens is 248 g/mol. The number of hydrazine groups is 1. The summed E-state index contributed by atoms with van der Waals surface area (Å²) < 4.78 is 23.4. The fraction of sp³-hybridized carbons (Fsp3) is 1.00. The Kier molecular flexibility index (Phi) is 5.62. The second-order valence-corrected chi connectivity index (χ2v) is 8.50. The molecule has 1 fully saturated rings. The monoisotopic (exact) mass is 276 g/mol. The Labute approximate surface area is 112 Å². The molecule has 0 aromatic rings. The normalized spacial score (nSPS) is 29.2. The number of nitrogens with two attached hydrogens (primary N) is 1. The van der Waals surface area contributed by atoms with E-state index in [0.29, 0.717) is 17.8 Å². The van der Waals surface area contributed by atoms with E-state index in [1.54, 1.807) is 0 Å². The van der Waals surface area contributed by atoms with Gasteiger partial charge in [0.1, 0.15) is 9.84 Å². The molecule has 1 rings (SSSR count). The molecule has 5 heteroatoms. The van der Waals surface area contributed by atoms with Crippen LogP contribution in [0.3, 0.4) is 0 Å². The van der Waals surface area contributed by atoms with Crippen LogP contribution in [0.4, 0.5) is 0 Å². The molecule has 0 spiro atoms. The number of rotatable bonds is 5. The van der Waals surface area contributed by atoms with E-state index in [0.717, 1.165) is 25.7 Å². The Balaban J connectivity index is 2.75. The van der Waals surface area contributed by atoms with E-state index in [1.807, 2.05) is 0 Å². The van der Waals surface area contributed by atoms with Gasteiger partial charge in [0.25, 0.3) is 0 Å². The number of hydrogen-bond donors (Lipinski definition) is 2. The molecule has 0 heterocycles. The summed E-state index contributed by atoms with van der Waals surface area (Å²) in [5.74, 6) is 7.08. The second-order valence-electron chi connectivity index (χ2n) is 6.17. The molecular formula is C13H28N2O2S. The van der Waals surface area contributed by atoms with Gasteiger partial charge in [0, 0.05) is 12.3 Å². The minimum Gasteiger partial charge on any atom is -0.271 e. The highest BCUT2D eigenvalue weighted by Crippen LogP contribution is 2.34. The van der Waals surface area contributed by atoms with Crippen LogP contribution >= 0.6 is 0 Å². The standard InChI is InChI=1S/C13H28N2O2S/c1-9(2)10(3)13(15-14)11-6-5-7-12(8-11)18(4,16)17/h9-13,15H,5-8,14H2,1-4H3. The largest absolute Gasteiger partial charge is 0.271 e. The molecule has 0 amide bonds. The summed E-state index contributed by atoms with van der Waals surface area (Å²) in [7, 11) is -2.92. The van der Waals surface area contributed by atoms with Gasteiger partial charge in [-0.05, 0) is 37.0 Å². The van der Waals surface area contributed by atoms with Gasteiger partial charge in [-0.3, -0.25) is 11.3 Å². The van der Waals surface area contributed by atoms with E-state index < -0.39 is 9.84 Å². The maximum absolute atomic E-state index is 11.7. The third-order valence-electron chi connectivity index (χ3n) is 4.59. The van der Waals surface area contributed by atoms with Crippen LogP contribution in [0.5, 0.6) is 0 Å². The predicted molar refractivity (Wildman–Crippen MR) is 75.7 cm³/mol. The lowest BCUT2D eigenvalue weighted by molar-refractivity contribution is 0.185. The molecule has 108 valence electrons. The predicted octanol–water partition coefficient (Wildman–Crippen LogP) is 1.71. The van der Waals surface area contributed by atoms with Crippen LogP contribution in [0.15, 0.2) is 0 Å². The zero-order chi connectivity index (χ0) is 13.9. The molecule has 0 aliphatic heterocycles. The summed E-state index contributed by atoms with van der Waals surface area (Å²) >= 11 is 0. The van der Waals surface area contributed by atoms with E-state index >= 15 is 0 Å². The second kappa shape index (κ2) is 6.35. The van der Waals surface area contributed by atoms with Crippen molar-refractivity contribution in [1.29, 1.82) is 0 Å². The van der Waals surface area contributed by atoms with Crippen LogP contribution in [0.2, 0.25) is 0 Å². The molecule has 4 nitrogen and oxygen atoms in total. The summed E-state index contributed by atoms with van der Waals surface area (Å²) in [6.07, 6.45) is 4.99. The van der Waals surface area contributed by atoms with Gasteiger partial charge >= 0.3 is 0 Å². The lowest BCUT2D eigenvalue weighted by Crippen LogP contribution is -2.49. The van der Waals surface area contributed by atoms with Crippen molar-refractivity contribution in [2.45, 2.75) is 57.7 Å². The maximum Gasteiger partial charge on any atom is 0.150 e. The van der Waals surface area contributed by atoms with Crippen molar-refractivity contribution in [2.24, 2.45) is 23.6 Å². The summed E-state index contributed by atoms with van der Waals surface area (Å²) in [5.41, 5.74) is 2.93. The quantitative estimate of drug-likeness (QED) is 0.592. The highest BCUT2D eigenvalue weighted by atomic mass is 32.2. The molecule has 1 saturated carbocycles. The number of sulfone groups is 1. The summed E-state index contributed by atoms with van der Waals surface area (Å²) in [6, 6.07) is 0.217.